The van der Waals surface area contributed by atoms with E-state index in [1.165, 1.54) is 29.2 Å². The molecule has 1 aliphatic rings. The molecule has 1 aromatic carbocycles. The molecule has 4 heteroatoms. The average Bonchev–Trinajstić information content (AvgIpc) is 3.10. The molecule has 0 bridgehead atoms. The van der Waals surface area contributed by atoms with Crippen molar-refractivity contribution in [2.75, 3.05) is 23.4 Å². The third-order valence-corrected chi connectivity index (χ3v) is 5.21. The van der Waals surface area contributed by atoms with Crippen LogP contribution in [-0.2, 0) is 0 Å². The monoisotopic (exact) mass is 276 g/mol. The van der Waals surface area contributed by atoms with Gasteiger partial charge in [-0.1, -0.05) is 12.1 Å². The van der Waals surface area contributed by atoms with Crippen LogP contribution in [0.15, 0.2) is 35.8 Å². The molecule has 2 heterocycles. The lowest BCUT2D eigenvalue weighted by molar-refractivity contribution is 0.632. The number of anilines is 1. The average molecular weight is 276 g/mol. The highest BCUT2D eigenvalue weighted by Gasteiger charge is 2.14. The zero-order valence-corrected chi connectivity index (χ0v) is 11.8. The fraction of sp³-hybridized carbons (Fsp3) is 0.357. The molecule has 0 spiro atoms. The van der Waals surface area contributed by atoms with Gasteiger partial charge >= 0.3 is 0 Å². The lowest BCUT2D eigenvalue weighted by Crippen LogP contribution is -2.13. The van der Waals surface area contributed by atoms with E-state index in [4.69, 9.17) is 0 Å². The largest absolute Gasteiger partial charge is 0.385 e. The van der Waals surface area contributed by atoms with Gasteiger partial charge in [0.2, 0.25) is 0 Å². The minimum absolute atomic E-state index is 0.832. The number of thioether (sulfide) groups is 1. The van der Waals surface area contributed by atoms with Crippen LogP contribution in [0.1, 0.15) is 6.42 Å². The number of hydrogen-bond donors (Lipinski definition) is 1. The maximum absolute atomic E-state index is 4.35. The number of nitrogens with zero attached hydrogens (tertiary/aromatic N) is 1. The predicted molar refractivity (Wildman–Crippen MR) is 81.5 cm³/mol. The van der Waals surface area contributed by atoms with Crippen LogP contribution in [0.25, 0.3) is 10.6 Å². The topological polar surface area (TPSA) is 24.9 Å². The van der Waals surface area contributed by atoms with Crippen LogP contribution in [-0.4, -0.2) is 23.0 Å². The highest BCUT2D eigenvalue weighted by atomic mass is 32.2. The van der Waals surface area contributed by atoms with Crippen LogP contribution in [0.3, 0.4) is 0 Å². The van der Waals surface area contributed by atoms with Crippen molar-refractivity contribution >= 4 is 28.8 Å². The third kappa shape index (κ3) is 2.87. The molecule has 3 rings (SSSR count). The number of benzene rings is 1. The Hall–Kier alpha value is -1.00. The molecule has 1 fully saturated rings. The van der Waals surface area contributed by atoms with E-state index in [1.54, 1.807) is 11.3 Å². The summed E-state index contributed by atoms with van der Waals surface area (Å²) < 4.78 is 0. The molecular weight excluding hydrogens is 260 g/mol. The van der Waals surface area contributed by atoms with E-state index in [2.05, 4.69) is 46.3 Å². The van der Waals surface area contributed by atoms with Crippen molar-refractivity contribution in [1.82, 2.24) is 4.98 Å². The molecule has 0 saturated carbocycles. The summed E-state index contributed by atoms with van der Waals surface area (Å²) in [5, 5.41) is 6.66. The van der Waals surface area contributed by atoms with Gasteiger partial charge in [0, 0.05) is 29.4 Å². The van der Waals surface area contributed by atoms with E-state index < -0.39 is 0 Å². The van der Waals surface area contributed by atoms with Crippen molar-refractivity contribution in [2.24, 2.45) is 5.92 Å². The van der Waals surface area contributed by atoms with E-state index in [0.717, 1.165) is 17.5 Å². The molecular formula is C14H16N2S2. The molecule has 0 radical (unpaired) electrons. The Balaban J connectivity index is 1.67. The summed E-state index contributed by atoms with van der Waals surface area (Å²) in [6.45, 7) is 1.09. The van der Waals surface area contributed by atoms with Crippen molar-refractivity contribution in [3.8, 4) is 10.6 Å². The number of hydrogen-bond acceptors (Lipinski definition) is 4. The summed E-state index contributed by atoms with van der Waals surface area (Å²) >= 11 is 3.76. The van der Waals surface area contributed by atoms with Crippen LogP contribution in [0.5, 0.6) is 0 Å². The first kappa shape index (κ1) is 12.1. The van der Waals surface area contributed by atoms with Crippen LogP contribution in [0, 0.1) is 5.92 Å². The Morgan fingerprint density at radius 3 is 3.17 bits per heavy atom. The smallest absolute Gasteiger partial charge is 0.123 e. The van der Waals surface area contributed by atoms with Gasteiger partial charge in [0.25, 0.3) is 0 Å². The minimum atomic E-state index is 0.832. The third-order valence-electron chi connectivity index (χ3n) is 3.16. The molecule has 1 aliphatic heterocycles. The summed E-state index contributed by atoms with van der Waals surface area (Å²) in [4.78, 5) is 4.35. The summed E-state index contributed by atoms with van der Waals surface area (Å²) in [5.74, 6) is 3.46. The number of nitrogens with one attached hydrogen (secondary N) is 1. The number of aromatic nitrogens is 1. The Labute approximate surface area is 116 Å². The minimum Gasteiger partial charge on any atom is -0.385 e. The first-order valence-corrected chi connectivity index (χ1v) is 8.27. The maximum Gasteiger partial charge on any atom is 0.123 e. The van der Waals surface area contributed by atoms with E-state index >= 15 is 0 Å². The standard InChI is InChI=1S/C14H16N2S2/c1-2-12(14-15-5-7-18-14)8-13(3-1)16-9-11-4-6-17-10-11/h1-3,5,7-8,11,16H,4,6,9-10H2. The van der Waals surface area contributed by atoms with Crippen LogP contribution in [0.2, 0.25) is 0 Å². The lowest BCUT2D eigenvalue weighted by atomic mass is 10.1. The van der Waals surface area contributed by atoms with Crippen molar-refractivity contribution in [3.05, 3.63) is 35.8 Å². The van der Waals surface area contributed by atoms with Gasteiger partial charge in [-0.3, -0.25) is 0 Å². The molecule has 0 amide bonds. The van der Waals surface area contributed by atoms with Gasteiger partial charge in [0.1, 0.15) is 5.01 Å². The van der Waals surface area contributed by atoms with Crippen molar-refractivity contribution in [2.45, 2.75) is 6.42 Å². The second-order valence-corrected chi connectivity index (χ2v) is 6.57. The summed E-state index contributed by atoms with van der Waals surface area (Å²) in [5.41, 5.74) is 2.41. The van der Waals surface area contributed by atoms with Crippen molar-refractivity contribution < 1.29 is 0 Å². The molecule has 2 aromatic rings. The van der Waals surface area contributed by atoms with Gasteiger partial charge in [0.15, 0.2) is 0 Å². The zero-order valence-electron chi connectivity index (χ0n) is 10.1. The molecule has 2 nitrogen and oxygen atoms in total. The van der Waals surface area contributed by atoms with Gasteiger partial charge in [-0.05, 0) is 36.0 Å². The van der Waals surface area contributed by atoms with Crippen LogP contribution < -0.4 is 5.32 Å². The maximum atomic E-state index is 4.35. The highest BCUT2D eigenvalue weighted by molar-refractivity contribution is 7.99. The predicted octanol–water partition coefficient (Wildman–Crippen LogP) is 3.98. The van der Waals surface area contributed by atoms with Crippen LogP contribution >= 0.6 is 23.1 Å². The van der Waals surface area contributed by atoms with Gasteiger partial charge in [0.05, 0.1) is 0 Å². The van der Waals surface area contributed by atoms with Gasteiger partial charge in [-0.2, -0.15) is 11.8 Å². The van der Waals surface area contributed by atoms with E-state index in [0.29, 0.717) is 0 Å². The van der Waals surface area contributed by atoms with Gasteiger partial charge in [-0.15, -0.1) is 11.3 Å². The lowest BCUT2D eigenvalue weighted by Gasteiger charge is -2.11. The molecule has 18 heavy (non-hydrogen) atoms. The molecule has 1 aromatic heterocycles. The van der Waals surface area contributed by atoms with Gasteiger partial charge in [-0.25, -0.2) is 4.98 Å². The number of rotatable bonds is 4. The SMILES string of the molecule is c1cc(NCC2CCSC2)cc(-c2nccs2)c1. The zero-order chi connectivity index (χ0) is 12.2. The van der Waals surface area contributed by atoms with Crippen molar-refractivity contribution in [1.29, 1.82) is 0 Å². The first-order chi connectivity index (χ1) is 8.92. The molecule has 1 saturated heterocycles. The van der Waals surface area contributed by atoms with E-state index in [-0.39, 0.29) is 0 Å². The fourth-order valence-corrected chi connectivity index (χ4v) is 4.05. The molecule has 0 aliphatic carbocycles. The van der Waals surface area contributed by atoms with E-state index in [1.807, 2.05) is 11.6 Å². The molecule has 94 valence electrons. The Morgan fingerprint density at radius 1 is 1.39 bits per heavy atom. The van der Waals surface area contributed by atoms with Crippen molar-refractivity contribution in [3.63, 3.8) is 0 Å². The summed E-state index contributed by atoms with van der Waals surface area (Å²) in [6, 6.07) is 8.55. The fourth-order valence-electron chi connectivity index (χ4n) is 2.13. The second kappa shape index (κ2) is 5.76. The Morgan fingerprint density at radius 2 is 2.39 bits per heavy atom. The molecule has 1 unspecified atom stereocenters. The highest BCUT2D eigenvalue weighted by Crippen LogP contribution is 2.26. The Kier molecular flexibility index (Phi) is 3.86. The summed E-state index contributed by atoms with van der Waals surface area (Å²) in [6.07, 6.45) is 3.21. The second-order valence-electron chi connectivity index (χ2n) is 4.53. The normalized spacial score (nSPS) is 19.0. The number of thiazole rings is 1. The van der Waals surface area contributed by atoms with E-state index in [9.17, 15) is 0 Å². The molecule has 1 atom stereocenters. The van der Waals surface area contributed by atoms with Gasteiger partial charge < -0.3 is 5.32 Å². The summed E-state index contributed by atoms with van der Waals surface area (Å²) in [7, 11) is 0. The first-order valence-electron chi connectivity index (χ1n) is 6.23. The Bertz CT molecular complexity index is 490. The van der Waals surface area contributed by atoms with Crippen LogP contribution in [0.4, 0.5) is 5.69 Å². The quantitative estimate of drug-likeness (QED) is 0.914. The molecule has 1 N–H and O–H groups in total.